The first-order valence-electron chi connectivity index (χ1n) is 10.1. The number of hydrogen-bond donors (Lipinski definition) is 1. The molecule has 1 aromatic rings. The van der Waals surface area contributed by atoms with Gasteiger partial charge in [0.2, 0.25) is 0 Å². The van der Waals surface area contributed by atoms with Crippen molar-refractivity contribution in [2.24, 2.45) is 5.41 Å². The molecule has 2 aliphatic heterocycles. The summed E-state index contributed by atoms with van der Waals surface area (Å²) >= 11 is 0. The number of nitrogen functional groups attached to an aromatic ring is 1. The van der Waals surface area contributed by atoms with E-state index in [0.29, 0.717) is 5.41 Å². The Balaban J connectivity index is 1.41. The van der Waals surface area contributed by atoms with Crippen LogP contribution in [0.15, 0.2) is 12.1 Å². The van der Waals surface area contributed by atoms with Crippen molar-refractivity contribution in [1.29, 1.82) is 0 Å². The number of benzene rings is 1. The van der Waals surface area contributed by atoms with Crippen molar-refractivity contribution >= 4 is 11.4 Å². The first-order chi connectivity index (χ1) is 12.1. The third-order valence-corrected chi connectivity index (χ3v) is 6.97. The van der Waals surface area contributed by atoms with Gasteiger partial charge >= 0.3 is 0 Å². The lowest BCUT2D eigenvalue weighted by atomic mass is 9.60. The molecule has 138 valence electrons. The lowest BCUT2D eigenvalue weighted by molar-refractivity contribution is -0.00647. The van der Waals surface area contributed by atoms with Crippen LogP contribution in [-0.2, 0) is 6.42 Å². The highest BCUT2D eigenvalue weighted by atomic mass is 16.5. The van der Waals surface area contributed by atoms with Gasteiger partial charge < -0.3 is 20.3 Å². The fourth-order valence-corrected chi connectivity index (χ4v) is 5.32. The highest BCUT2D eigenvalue weighted by Crippen LogP contribution is 2.52. The monoisotopic (exact) mass is 343 g/mol. The van der Waals surface area contributed by atoms with Gasteiger partial charge in [0.1, 0.15) is 5.75 Å². The molecule has 3 aliphatic rings. The minimum atomic E-state index is 0.633. The van der Waals surface area contributed by atoms with Crippen molar-refractivity contribution in [3.05, 3.63) is 17.7 Å². The van der Waals surface area contributed by atoms with E-state index in [4.69, 9.17) is 10.5 Å². The van der Waals surface area contributed by atoms with Crippen LogP contribution in [0.4, 0.5) is 11.4 Å². The molecule has 1 saturated carbocycles. The first kappa shape index (κ1) is 17.0. The molecule has 25 heavy (non-hydrogen) atoms. The Hall–Kier alpha value is -1.42. The Kier molecular flexibility index (Phi) is 4.57. The topological polar surface area (TPSA) is 41.7 Å². The molecule has 0 unspecified atom stereocenters. The van der Waals surface area contributed by atoms with Crippen LogP contribution in [0.3, 0.4) is 0 Å². The van der Waals surface area contributed by atoms with Crippen LogP contribution in [0.25, 0.3) is 0 Å². The van der Waals surface area contributed by atoms with E-state index >= 15 is 0 Å². The van der Waals surface area contributed by atoms with E-state index < -0.39 is 0 Å². The van der Waals surface area contributed by atoms with Gasteiger partial charge in [0.25, 0.3) is 0 Å². The minimum Gasteiger partial charge on any atom is -0.495 e. The number of methoxy groups -OCH3 is 1. The number of nitrogens with zero attached hydrogens (tertiary/aromatic N) is 2. The van der Waals surface area contributed by atoms with Crippen molar-refractivity contribution in [3.8, 4) is 5.75 Å². The molecule has 1 aromatic carbocycles. The largest absolute Gasteiger partial charge is 0.495 e. The smallest absolute Gasteiger partial charge is 0.143 e. The Labute approximate surface area is 152 Å². The van der Waals surface area contributed by atoms with E-state index in [1.807, 2.05) is 0 Å². The van der Waals surface area contributed by atoms with Crippen LogP contribution in [0, 0.1) is 5.41 Å². The van der Waals surface area contributed by atoms with E-state index in [1.54, 1.807) is 7.11 Å². The molecule has 4 rings (SSSR count). The van der Waals surface area contributed by atoms with Crippen molar-refractivity contribution in [2.45, 2.75) is 57.9 Å². The second kappa shape index (κ2) is 6.71. The first-order valence-corrected chi connectivity index (χ1v) is 10.1. The molecule has 1 aliphatic carbocycles. The van der Waals surface area contributed by atoms with Gasteiger partial charge in [-0.1, -0.05) is 6.92 Å². The van der Waals surface area contributed by atoms with Crippen LogP contribution in [0.5, 0.6) is 5.75 Å². The second-order valence-electron chi connectivity index (χ2n) is 8.37. The molecule has 0 aromatic heterocycles. The Morgan fingerprint density at radius 2 is 1.80 bits per heavy atom. The summed E-state index contributed by atoms with van der Waals surface area (Å²) in [4.78, 5) is 5.31. The Morgan fingerprint density at radius 3 is 2.40 bits per heavy atom. The molecule has 0 amide bonds. The zero-order chi connectivity index (χ0) is 17.4. The second-order valence-corrected chi connectivity index (χ2v) is 8.37. The normalized spacial score (nSPS) is 23.8. The van der Waals surface area contributed by atoms with Gasteiger partial charge in [0, 0.05) is 30.9 Å². The average Bonchev–Trinajstić information content (AvgIpc) is 3.14. The van der Waals surface area contributed by atoms with Crippen LogP contribution in [0.1, 0.15) is 51.0 Å². The summed E-state index contributed by atoms with van der Waals surface area (Å²) in [6, 6.07) is 5.14. The third-order valence-electron chi connectivity index (χ3n) is 6.97. The number of piperidine rings is 1. The molecule has 0 atom stereocenters. The summed E-state index contributed by atoms with van der Waals surface area (Å²) in [5, 5.41) is 0. The Bertz CT molecular complexity index is 608. The summed E-state index contributed by atoms with van der Waals surface area (Å²) in [7, 11) is 1.71. The molecular weight excluding hydrogens is 310 g/mol. The lowest BCUT2D eigenvalue weighted by Gasteiger charge is -2.55. The van der Waals surface area contributed by atoms with E-state index in [9.17, 15) is 0 Å². The molecule has 0 bridgehead atoms. The van der Waals surface area contributed by atoms with Crippen molar-refractivity contribution in [1.82, 2.24) is 4.90 Å². The van der Waals surface area contributed by atoms with Crippen molar-refractivity contribution < 1.29 is 4.74 Å². The molecule has 2 saturated heterocycles. The minimum absolute atomic E-state index is 0.633. The number of likely N-dealkylation sites (tertiary alicyclic amines) is 1. The summed E-state index contributed by atoms with van der Waals surface area (Å²) in [5.41, 5.74) is 10.2. The van der Waals surface area contributed by atoms with Crippen LogP contribution in [0.2, 0.25) is 0 Å². The molecule has 1 spiro atoms. The lowest BCUT2D eigenvalue weighted by Crippen LogP contribution is -2.54. The fraction of sp³-hybridized carbons (Fsp3) is 0.714. The summed E-state index contributed by atoms with van der Waals surface area (Å²) in [6.45, 7) is 7.25. The van der Waals surface area contributed by atoms with Gasteiger partial charge in [0.05, 0.1) is 12.8 Å². The number of hydrogen-bond acceptors (Lipinski definition) is 4. The quantitative estimate of drug-likeness (QED) is 0.847. The Morgan fingerprint density at radius 1 is 1.12 bits per heavy atom. The van der Waals surface area contributed by atoms with Crippen LogP contribution < -0.4 is 15.4 Å². The van der Waals surface area contributed by atoms with E-state index in [2.05, 4.69) is 28.9 Å². The zero-order valence-electron chi connectivity index (χ0n) is 15.9. The maximum Gasteiger partial charge on any atom is 0.143 e. The molecule has 3 fully saturated rings. The van der Waals surface area contributed by atoms with Gasteiger partial charge in [0.15, 0.2) is 0 Å². The van der Waals surface area contributed by atoms with Gasteiger partial charge in [-0.2, -0.15) is 0 Å². The molecule has 2 heterocycles. The third kappa shape index (κ3) is 3.10. The van der Waals surface area contributed by atoms with E-state index in [0.717, 1.165) is 23.9 Å². The van der Waals surface area contributed by atoms with Crippen LogP contribution in [-0.4, -0.2) is 44.2 Å². The number of ether oxygens (including phenoxy) is 1. The van der Waals surface area contributed by atoms with E-state index in [-0.39, 0.29) is 0 Å². The van der Waals surface area contributed by atoms with Crippen molar-refractivity contribution in [3.63, 3.8) is 0 Å². The predicted octanol–water partition coefficient (Wildman–Crippen LogP) is 3.68. The summed E-state index contributed by atoms with van der Waals surface area (Å²) < 4.78 is 5.46. The number of anilines is 2. The molecule has 4 nitrogen and oxygen atoms in total. The highest BCUT2D eigenvalue weighted by Gasteiger charge is 2.48. The maximum absolute atomic E-state index is 6.11. The number of aryl methyl sites for hydroxylation is 1. The standard InChI is InChI=1S/C21H33N3O/c1-3-16-12-18(22)20(25-2)13-19(16)24-10-6-21(7-11-24)14-17(15-21)23-8-4-5-9-23/h12-13,17H,3-11,14-15,22H2,1-2H3. The maximum atomic E-state index is 6.11. The van der Waals surface area contributed by atoms with Gasteiger partial charge in [-0.25, -0.2) is 0 Å². The SMILES string of the molecule is CCc1cc(N)c(OC)cc1N1CCC2(CC1)CC(N1CCCC1)C2. The van der Waals surface area contributed by atoms with Gasteiger partial charge in [-0.15, -0.1) is 0 Å². The fourth-order valence-electron chi connectivity index (χ4n) is 5.32. The zero-order valence-corrected chi connectivity index (χ0v) is 15.9. The number of rotatable bonds is 4. The van der Waals surface area contributed by atoms with Crippen molar-refractivity contribution in [2.75, 3.05) is 43.9 Å². The summed E-state index contributed by atoms with van der Waals surface area (Å²) in [6.07, 6.45) is 9.40. The summed E-state index contributed by atoms with van der Waals surface area (Å²) in [5.74, 6) is 0.810. The van der Waals surface area contributed by atoms with Crippen LogP contribution >= 0.6 is 0 Å². The number of nitrogens with two attached hydrogens (primary N) is 1. The molecular formula is C21H33N3O. The molecule has 2 N–H and O–H groups in total. The molecule has 0 radical (unpaired) electrons. The van der Waals surface area contributed by atoms with Gasteiger partial charge in [-0.05, 0) is 75.1 Å². The highest BCUT2D eigenvalue weighted by molar-refractivity contribution is 5.67. The average molecular weight is 344 g/mol. The predicted molar refractivity (Wildman–Crippen MR) is 104 cm³/mol. The van der Waals surface area contributed by atoms with E-state index in [1.165, 1.54) is 76.0 Å². The van der Waals surface area contributed by atoms with Gasteiger partial charge in [-0.3, -0.25) is 0 Å². The molecule has 4 heteroatoms.